The maximum atomic E-state index is 9.61. The molecule has 0 aliphatic rings. The molecule has 0 aliphatic heterocycles. The fourth-order valence-corrected chi connectivity index (χ4v) is 1.68. The van der Waals surface area contributed by atoms with Crippen molar-refractivity contribution in [2.24, 2.45) is 18.9 Å². The van der Waals surface area contributed by atoms with Crippen molar-refractivity contribution >= 4 is 0 Å². The predicted molar refractivity (Wildman–Crippen MR) is 54.7 cm³/mol. The average Bonchev–Trinajstić information content (AvgIpc) is 2.46. The zero-order valence-corrected chi connectivity index (χ0v) is 9.31. The van der Waals surface area contributed by atoms with Crippen LogP contribution in [0.2, 0.25) is 0 Å². The van der Waals surface area contributed by atoms with Gasteiger partial charge in [-0.25, -0.2) is 4.98 Å². The summed E-state index contributed by atoms with van der Waals surface area (Å²) in [6.07, 6.45) is 2.03. The van der Waals surface area contributed by atoms with Gasteiger partial charge in [-0.15, -0.1) is 0 Å². The SMILES string of the molecule is CC(C)C(Cc1ncnn1C)C(C)O. The van der Waals surface area contributed by atoms with E-state index in [0.29, 0.717) is 5.92 Å². The Balaban J connectivity index is 2.70. The van der Waals surface area contributed by atoms with E-state index >= 15 is 0 Å². The molecule has 0 fully saturated rings. The van der Waals surface area contributed by atoms with Gasteiger partial charge in [0.25, 0.3) is 0 Å². The van der Waals surface area contributed by atoms with Crippen LogP contribution in [0.5, 0.6) is 0 Å². The third kappa shape index (κ3) is 2.54. The third-order valence-electron chi connectivity index (χ3n) is 2.70. The fourth-order valence-electron chi connectivity index (χ4n) is 1.68. The van der Waals surface area contributed by atoms with Crippen molar-refractivity contribution in [2.75, 3.05) is 0 Å². The fraction of sp³-hybridized carbons (Fsp3) is 0.800. The highest BCUT2D eigenvalue weighted by atomic mass is 16.3. The van der Waals surface area contributed by atoms with Crippen LogP contribution in [-0.2, 0) is 13.5 Å². The summed E-state index contributed by atoms with van der Waals surface area (Å²) in [5.74, 6) is 1.63. The lowest BCUT2D eigenvalue weighted by Gasteiger charge is -2.22. The minimum atomic E-state index is -0.299. The first-order chi connectivity index (χ1) is 6.52. The van der Waals surface area contributed by atoms with Crippen molar-refractivity contribution < 1.29 is 5.11 Å². The zero-order chi connectivity index (χ0) is 10.7. The van der Waals surface area contributed by atoms with Gasteiger partial charge < -0.3 is 5.11 Å². The second-order valence-electron chi connectivity index (χ2n) is 4.15. The molecule has 2 atom stereocenters. The number of aliphatic hydroxyl groups excluding tert-OH is 1. The number of aromatic nitrogens is 3. The molecule has 4 nitrogen and oxygen atoms in total. The van der Waals surface area contributed by atoms with Crippen LogP contribution in [0.15, 0.2) is 6.33 Å². The van der Waals surface area contributed by atoms with Crippen molar-refractivity contribution in [1.82, 2.24) is 14.8 Å². The molecule has 0 spiro atoms. The van der Waals surface area contributed by atoms with Gasteiger partial charge in [0.05, 0.1) is 6.10 Å². The second-order valence-corrected chi connectivity index (χ2v) is 4.15. The summed E-state index contributed by atoms with van der Waals surface area (Å²) in [5, 5.41) is 13.6. The summed E-state index contributed by atoms with van der Waals surface area (Å²) >= 11 is 0. The highest BCUT2D eigenvalue weighted by molar-refractivity contribution is 4.88. The van der Waals surface area contributed by atoms with Crippen LogP contribution in [0, 0.1) is 11.8 Å². The summed E-state index contributed by atoms with van der Waals surface area (Å²) < 4.78 is 1.76. The van der Waals surface area contributed by atoms with Crippen molar-refractivity contribution in [1.29, 1.82) is 0 Å². The maximum Gasteiger partial charge on any atom is 0.138 e. The van der Waals surface area contributed by atoms with Crippen LogP contribution in [0.3, 0.4) is 0 Å². The largest absolute Gasteiger partial charge is 0.393 e. The van der Waals surface area contributed by atoms with Gasteiger partial charge in [0, 0.05) is 13.5 Å². The molecular formula is C10H19N3O. The third-order valence-corrected chi connectivity index (χ3v) is 2.70. The van der Waals surface area contributed by atoms with Crippen LogP contribution >= 0.6 is 0 Å². The molecule has 0 bridgehead atoms. The minimum Gasteiger partial charge on any atom is -0.393 e. The van der Waals surface area contributed by atoms with E-state index in [-0.39, 0.29) is 12.0 Å². The molecule has 2 unspecified atom stereocenters. The molecule has 1 aromatic heterocycles. The summed E-state index contributed by atoms with van der Waals surface area (Å²) in [6.45, 7) is 6.07. The van der Waals surface area contributed by atoms with Crippen LogP contribution in [0.1, 0.15) is 26.6 Å². The van der Waals surface area contributed by atoms with E-state index in [1.807, 2.05) is 14.0 Å². The van der Waals surface area contributed by atoms with E-state index in [2.05, 4.69) is 23.9 Å². The molecule has 1 rings (SSSR count). The lowest BCUT2D eigenvalue weighted by Crippen LogP contribution is -2.25. The molecule has 1 aromatic rings. The molecule has 14 heavy (non-hydrogen) atoms. The van der Waals surface area contributed by atoms with Gasteiger partial charge in [-0.1, -0.05) is 13.8 Å². The van der Waals surface area contributed by atoms with E-state index in [4.69, 9.17) is 0 Å². The first kappa shape index (κ1) is 11.2. The van der Waals surface area contributed by atoms with Gasteiger partial charge in [-0.05, 0) is 18.8 Å². The summed E-state index contributed by atoms with van der Waals surface area (Å²) in [6, 6.07) is 0. The van der Waals surface area contributed by atoms with E-state index in [1.54, 1.807) is 11.0 Å². The Kier molecular flexibility index (Phi) is 3.63. The monoisotopic (exact) mass is 197 g/mol. The smallest absolute Gasteiger partial charge is 0.138 e. The minimum absolute atomic E-state index is 0.248. The number of hydrogen-bond donors (Lipinski definition) is 1. The number of aryl methyl sites for hydroxylation is 1. The summed E-state index contributed by atoms with van der Waals surface area (Å²) in [7, 11) is 1.88. The number of nitrogens with zero attached hydrogens (tertiary/aromatic N) is 3. The Morgan fingerprint density at radius 2 is 2.07 bits per heavy atom. The van der Waals surface area contributed by atoms with E-state index in [9.17, 15) is 5.11 Å². The second kappa shape index (κ2) is 4.55. The van der Waals surface area contributed by atoms with E-state index in [1.165, 1.54) is 0 Å². The quantitative estimate of drug-likeness (QED) is 0.783. The van der Waals surface area contributed by atoms with Gasteiger partial charge >= 0.3 is 0 Å². The molecule has 80 valence electrons. The van der Waals surface area contributed by atoms with Crippen molar-refractivity contribution in [3.8, 4) is 0 Å². The molecule has 4 heteroatoms. The Bertz CT molecular complexity index is 273. The average molecular weight is 197 g/mol. The lowest BCUT2D eigenvalue weighted by molar-refractivity contribution is 0.0958. The van der Waals surface area contributed by atoms with Crippen LogP contribution in [0.25, 0.3) is 0 Å². The lowest BCUT2D eigenvalue weighted by atomic mass is 9.88. The number of aliphatic hydroxyl groups is 1. The topological polar surface area (TPSA) is 50.9 Å². The first-order valence-corrected chi connectivity index (χ1v) is 5.03. The molecule has 0 radical (unpaired) electrons. The van der Waals surface area contributed by atoms with Crippen molar-refractivity contribution in [3.63, 3.8) is 0 Å². The number of hydrogen-bond acceptors (Lipinski definition) is 3. The highest BCUT2D eigenvalue weighted by Crippen LogP contribution is 2.19. The standard InChI is InChI=1S/C10H19N3O/c1-7(2)9(8(3)14)5-10-11-6-12-13(10)4/h6-9,14H,5H2,1-4H3. The first-order valence-electron chi connectivity index (χ1n) is 5.03. The zero-order valence-electron chi connectivity index (χ0n) is 9.31. The Morgan fingerprint density at radius 3 is 2.43 bits per heavy atom. The molecule has 0 saturated heterocycles. The van der Waals surface area contributed by atoms with Gasteiger partial charge in [-0.3, -0.25) is 4.68 Å². The molecule has 0 amide bonds. The van der Waals surface area contributed by atoms with E-state index < -0.39 is 0 Å². The van der Waals surface area contributed by atoms with Crippen LogP contribution in [-0.4, -0.2) is 26.0 Å². The maximum absolute atomic E-state index is 9.61. The van der Waals surface area contributed by atoms with Gasteiger partial charge in [0.1, 0.15) is 12.2 Å². The molecule has 1 N–H and O–H groups in total. The Hall–Kier alpha value is -0.900. The molecule has 0 saturated carbocycles. The Labute approximate surface area is 85.0 Å². The van der Waals surface area contributed by atoms with Crippen molar-refractivity contribution in [3.05, 3.63) is 12.2 Å². The van der Waals surface area contributed by atoms with E-state index in [0.717, 1.165) is 12.2 Å². The molecule has 1 heterocycles. The van der Waals surface area contributed by atoms with Gasteiger partial charge in [0.15, 0.2) is 0 Å². The molecule has 0 aromatic carbocycles. The van der Waals surface area contributed by atoms with Crippen LogP contribution in [0.4, 0.5) is 0 Å². The summed E-state index contributed by atoms with van der Waals surface area (Å²) in [4.78, 5) is 4.16. The highest BCUT2D eigenvalue weighted by Gasteiger charge is 2.21. The molecular weight excluding hydrogens is 178 g/mol. The van der Waals surface area contributed by atoms with Gasteiger partial charge in [0.2, 0.25) is 0 Å². The van der Waals surface area contributed by atoms with Gasteiger partial charge in [-0.2, -0.15) is 5.10 Å². The molecule has 0 aliphatic carbocycles. The predicted octanol–water partition coefficient (Wildman–Crippen LogP) is 1.01. The normalized spacial score (nSPS) is 15.9. The Morgan fingerprint density at radius 1 is 1.43 bits per heavy atom. The van der Waals surface area contributed by atoms with Crippen molar-refractivity contribution in [2.45, 2.75) is 33.3 Å². The van der Waals surface area contributed by atoms with Crippen LogP contribution < -0.4 is 0 Å². The summed E-state index contributed by atoms with van der Waals surface area (Å²) in [5.41, 5.74) is 0. The number of rotatable bonds is 4.